The van der Waals surface area contributed by atoms with Gasteiger partial charge in [-0.3, -0.25) is 9.69 Å². The molecular weight excluding hydrogens is 354 g/mol. The summed E-state index contributed by atoms with van der Waals surface area (Å²) in [6, 6.07) is 14.7. The molecule has 1 aliphatic rings. The third kappa shape index (κ3) is 3.84. The molecule has 3 heterocycles. The first-order valence-electron chi connectivity index (χ1n) is 9.49. The van der Waals surface area contributed by atoms with Gasteiger partial charge in [-0.05, 0) is 30.0 Å². The van der Waals surface area contributed by atoms with Gasteiger partial charge in [-0.2, -0.15) is 0 Å². The van der Waals surface area contributed by atoms with Crippen molar-refractivity contribution < 1.29 is 4.79 Å². The molecule has 3 aromatic rings. The number of allylic oxidation sites excluding steroid dienone is 2. The van der Waals surface area contributed by atoms with Crippen molar-refractivity contribution >= 4 is 27.5 Å². The number of thiophene rings is 1. The minimum absolute atomic E-state index is 0.155. The number of fused-ring (bicyclic) bond motifs is 1. The maximum Gasteiger partial charge on any atom is 0.270 e. The Bertz CT molecular complexity index is 933. The van der Waals surface area contributed by atoms with Crippen LogP contribution in [-0.4, -0.2) is 46.5 Å². The monoisotopic (exact) mass is 379 g/mol. The van der Waals surface area contributed by atoms with Gasteiger partial charge in [0.25, 0.3) is 5.91 Å². The van der Waals surface area contributed by atoms with Crippen LogP contribution in [0.2, 0.25) is 0 Å². The molecule has 0 N–H and O–H groups in total. The number of nitrogens with zero attached hydrogens (tertiary/aromatic N) is 3. The zero-order valence-corrected chi connectivity index (χ0v) is 16.5. The fourth-order valence-corrected chi connectivity index (χ4v) is 4.50. The Hall–Kier alpha value is -2.37. The topological polar surface area (TPSA) is 28.5 Å². The van der Waals surface area contributed by atoms with Crippen LogP contribution in [0.15, 0.2) is 60.0 Å². The normalized spacial score (nSPS) is 15.8. The van der Waals surface area contributed by atoms with Crippen LogP contribution in [0, 0.1) is 0 Å². The van der Waals surface area contributed by atoms with Gasteiger partial charge in [0.2, 0.25) is 0 Å². The van der Waals surface area contributed by atoms with E-state index in [0.717, 1.165) is 50.5 Å². The van der Waals surface area contributed by atoms with E-state index in [0.29, 0.717) is 0 Å². The summed E-state index contributed by atoms with van der Waals surface area (Å²) in [5, 5.41) is 2.09. The number of amides is 1. The van der Waals surface area contributed by atoms with Crippen LogP contribution in [0.1, 0.15) is 23.0 Å². The number of carbonyl (C=O) groups is 1. The fraction of sp³-hybridized carbons (Fsp3) is 0.318. The number of aromatic nitrogens is 1. The average Bonchev–Trinajstić information content (AvgIpc) is 3.29. The summed E-state index contributed by atoms with van der Waals surface area (Å²) in [5.74, 6) is 0.155. The molecule has 2 aromatic heterocycles. The maximum absolute atomic E-state index is 13.2. The minimum atomic E-state index is 0.155. The molecule has 0 saturated carbocycles. The lowest BCUT2D eigenvalue weighted by molar-refractivity contribution is 0.0619. The summed E-state index contributed by atoms with van der Waals surface area (Å²) >= 11 is 1.70. The van der Waals surface area contributed by atoms with Crippen LogP contribution in [0.25, 0.3) is 10.2 Å². The molecule has 5 heteroatoms. The lowest BCUT2D eigenvalue weighted by atomic mass is 10.2. The second-order valence-corrected chi connectivity index (χ2v) is 7.88. The molecular formula is C22H25N3OS. The molecule has 0 bridgehead atoms. The van der Waals surface area contributed by atoms with Crippen LogP contribution in [0.5, 0.6) is 0 Å². The summed E-state index contributed by atoms with van der Waals surface area (Å²) in [7, 11) is 0. The summed E-state index contributed by atoms with van der Waals surface area (Å²) in [6.07, 6.45) is 4.14. The molecule has 4 nitrogen and oxygen atoms in total. The Morgan fingerprint density at radius 1 is 1.11 bits per heavy atom. The quantitative estimate of drug-likeness (QED) is 0.621. The number of piperazine rings is 1. The molecule has 4 rings (SSSR count). The third-order valence-corrected chi connectivity index (χ3v) is 6.03. The van der Waals surface area contributed by atoms with Crippen LogP contribution >= 0.6 is 11.3 Å². The fourth-order valence-electron chi connectivity index (χ4n) is 3.67. The third-order valence-electron chi connectivity index (χ3n) is 5.17. The Morgan fingerprint density at radius 2 is 1.89 bits per heavy atom. The van der Waals surface area contributed by atoms with Gasteiger partial charge in [0.1, 0.15) is 5.69 Å². The Kier molecular flexibility index (Phi) is 5.41. The molecule has 1 aromatic carbocycles. The van der Waals surface area contributed by atoms with Crippen molar-refractivity contribution in [2.75, 3.05) is 26.2 Å². The predicted octanol–water partition coefficient (Wildman–Crippen LogP) is 4.24. The van der Waals surface area contributed by atoms with E-state index in [-0.39, 0.29) is 5.91 Å². The van der Waals surface area contributed by atoms with E-state index in [9.17, 15) is 4.79 Å². The van der Waals surface area contributed by atoms with Crippen molar-refractivity contribution in [1.82, 2.24) is 14.4 Å². The van der Waals surface area contributed by atoms with E-state index in [4.69, 9.17) is 0 Å². The smallest absolute Gasteiger partial charge is 0.270 e. The van der Waals surface area contributed by atoms with Crippen molar-refractivity contribution in [2.24, 2.45) is 0 Å². The molecule has 0 spiro atoms. The molecule has 0 radical (unpaired) electrons. The van der Waals surface area contributed by atoms with E-state index in [1.165, 1.54) is 10.3 Å². The van der Waals surface area contributed by atoms with Gasteiger partial charge in [-0.1, -0.05) is 42.5 Å². The van der Waals surface area contributed by atoms with Crippen LogP contribution in [0.3, 0.4) is 0 Å². The predicted molar refractivity (Wildman–Crippen MR) is 112 cm³/mol. The highest BCUT2D eigenvalue weighted by molar-refractivity contribution is 7.17. The van der Waals surface area contributed by atoms with E-state index < -0.39 is 0 Å². The Labute approximate surface area is 164 Å². The highest BCUT2D eigenvalue weighted by Crippen LogP contribution is 2.26. The number of benzene rings is 1. The zero-order valence-electron chi connectivity index (χ0n) is 15.7. The van der Waals surface area contributed by atoms with E-state index in [1.54, 1.807) is 11.3 Å². The Balaban J connectivity index is 1.45. The van der Waals surface area contributed by atoms with E-state index in [2.05, 4.69) is 57.3 Å². The molecule has 1 amide bonds. The van der Waals surface area contributed by atoms with Crippen molar-refractivity contribution in [2.45, 2.75) is 20.0 Å². The van der Waals surface area contributed by atoms with Gasteiger partial charge in [0.05, 0.1) is 10.2 Å². The highest BCUT2D eigenvalue weighted by Gasteiger charge is 2.25. The summed E-state index contributed by atoms with van der Waals surface area (Å²) in [5.41, 5.74) is 3.30. The lowest BCUT2D eigenvalue weighted by Gasteiger charge is -2.34. The summed E-state index contributed by atoms with van der Waals surface area (Å²) in [6.45, 7) is 7.13. The van der Waals surface area contributed by atoms with Gasteiger partial charge in [-0.15, -0.1) is 11.3 Å². The van der Waals surface area contributed by atoms with Crippen molar-refractivity contribution in [1.29, 1.82) is 0 Å². The SMILES string of the molecule is C/C=C/Cn1c(C(=O)N2CCN(Cc3ccccc3)CC2)cc2sccc21. The number of carbonyl (C=O) groups excluding carboxylic acids is 1. The van der Waals surface area contributed by atoms with Crippen molar-refractivity contribution in [3.05, 3.63) is 71.3 Å². The van der Waals surface area contributed by atoms with Crippen LogP contribution in [0.4, 0.5) is 0 Å². The van der Waals surface area contributed by atoms with E-state index in [1.807, 2.05) is 24.0 Å². The van der Waals surface area contributed by atoms with Gasteiger partial charge >= 0.3 is 0 Å². The van der Waals surface area contributed by atoms with E-state index >= 15 is 0 Å². The lowest BCUT2D eigenvalue weighted by Crippen LogP contribution is -2.48. The number of hydrogen-bond donors (Lipinski definition) is 0. The Morgan fingerprint density at radius 3 is 2.63 bits per heavy atom. The molecule has 0 unspecified atom stereocenters. The number of rotatable bonds is 5. The first-order chi connectivity index (χ1) is 13.3. The first kappa shape index (κ1) is 18.0. The summed E-state index contributed by atoms with van der Waals surface area (Å²) in [4.78, 5) is 17.6. The largest absolute Gasteiger partial charge is 0.335 e. The average molecular weight is 380 g/mol. The molecule has 140 valence electrons. The molecule has 1 fully saturated rings. The van der Waals surface area contributed by atoms with Gasteiger partial charge in [-0.25, -0.2) is 0 Å². The molecule has 0 aliphatic carbocycles. The first-order valence-corrected chi connectivity index (χ1v) is 10.4. The zero-order chi connectivity index (χ0) is 18.6. The standard InChI is InChI=1S/C22H25N3OS/c1-2-3-10-25-19-9-15-27-21(19)16-20(25)22(26)24-13-11-23(12-14-24)17-18-7-5-4-6-8-18/h2-9,15-16H,10-14,17H2,1H3/b3-2+. The molecule has 1 saturated heterocycles. The summed E-state index contributed by atoms with van der Waals surface area (Å²) < 4.78 is 3.33. The minimum Gasteiger partial charge on any atom is -0.335 e. The van der Waals surface area contributed by atoms with Crippen LogP contribution in [-0.2, 0) is 13.1 Å². The maximum atomic E-state index is 13.2. The molecule has 1 aliphatic heterocycles. The van der Waals surface area contributed by atoms with Crippen LogP contribution < -0.4 is 0 Å². The molecule has 27 heavy (non-hydrogen) atoms. The van der Waals surface area contributed by atoms with Gasteiger partial charge in [0.15, 0.2) is 0 Å². The van der Waals surface area contributed by atoms with Crippen molar-refractivity contribution in [3.8, 4) is 0 Å². The van der Waals surface area contributed by atoms with Crippen molar-refractivity contribution in [3.63, 3.8) is 0 Å². The van der Waals surface area contributed by atoms with Gasteiger partial charge < -0.3 is 9.47 Å². The second-order valence-electron chi connectivity index (χ2n) is 6.93. The molecule has 0 atom stereocenters. The highest BCUT2D eigenvalue weighted by atomic mass is 32.1. The number of hydrogen-bond acceptors (Lipinski definition) is 3. The van der Waals surface area contributed by atoms with Gasteiger partial charge in [0, 0.05) is 39.3 Å². The second kappa shape index (κ2) is 8.11.